The number of thiazole rings is 1. The molecule has 0 aliphatic carbocycles. The molecule has 9 heteroatoms. The smallest absolute Gasteiger partial charge is 0.328 e. The largest absolute Gasteiger partial charge is 0.480 e. The lowest BCUT2D eigenvalue weighted by Gasteiger charge is -2.32. The van der Waals surface area contributed by atoms with Crippen molar-refractivity contribution in [3.63, 3.8) is 0 Å². The Balaban J connectivity index is 1.56. The van der Waals surface area contributed by atoms with Crippen molar-refractivity contribution in [2.75, 3.05) is 33.2 Å². The van der Waals surface area contributed by atoms with Gasteiger partial charge in [0.15, 0.2) is 6.04 Å². The van der Waals surface area contributed by atoms with E-state index in [-0.39, 0.29) is 6.42 Å². The summed E-state index contributed by atoms with van der Waals surface area (Å²) in [5.41, 5.74) is 2.82. The first-order chi connectivity index (χ1) is 14.3. The number of aliphatic hydroxyl groups is 1. The van der Waals surface area contributed by atoms with E-state index in [1.807, 2.05) is 12.1 Å². The molecule has 1 aliphatic rings. The van der Waals surface area contributed by atoms with Gasteiger partial charge in [0.25, 0.3) is 0 Å². The van der Waals surface area contributed by atoms with Gasteiger partial charge in [0.1, 0.15) is 5.01 Å². The zero-order valence-electron chi connectivity index (χ0n) is 17.2. The second kappa shape index (κ2) is 10.1. The number of benzene rings is 1. The molecule has 30 heavy (non-hydrogen) atoms. The number of amides is 1. The summed E-state index contributed by atoms with van der Waals surface area (Å²) in [6, 6.07) is 6.98. The van der Waals surface area contributed by atoms with Gasteiger partial charge >= 0.3 is 5.97 Å². The van der Waals surface area contributed by atoms with Crippen molar-refractivity contribution in [1.29, 1.82) is 0 Å². The molecule has 2 heterocycles. The number of carbonyl (C=O) groups excluding carboxylic acids is 1. The van der Waals surface area contributed by atoms with E-state index >= 15 is 0 Å². The van der Waals surface area contributed by atoms with Crippen molar-refractivity contribution in [3.05, 3.63) is 40.9 Å². The number of carbonyl (C=O) groups is 2. The molecular formula is C21H28N4O4S. The second-order valence-electron chi connectivity index (χ2n) is 7.72. The molecule has 0 radical (unpaired) electrons. The number of nitrogens with one attached hydrogen (secondary N) is 1. The Morgan fingerprint density at radius 1 is 1.20 bits per heavy atom. The molecule has 2 unspecified atom stereocenters. The lowest BCUT2D eigenvalue weighted by atomic mass is 10.1. The second-order valence-corrected chi connectivity index (χ2v) is 8.58. The molecular weight excluding hydrogens is 404 g/mol. The van der Waals surface area contributed by atoms with Gasteiger partial charge in [-0.1, -0.05) is 24.3 Å². The molecule has 3 N–H and O–H groups in total. The summed E-state index contributed by atoms with van der Waals surface area (Å²) in [4.78, 5) is 32.5. The van der Waals surface area contributed by atoms with Crippen molar-refractivity contribution in [2.24, 2.45) is 0 Å². The molecule has 0 spiro atoms. The van der Waals surface area contributed by atoms with E-state index < -0.39 is 24.0 Å². The molecule has 1 saturated heterocycles. The minimum atomic E-state index is -1.33. The van der Waals surface area contributed by atoms with Gasteiger partial charge in [-0.15, -0.1) is 11.3 Å². The minimum Gasteiger partial charge on any atom is -0.480 e. The molecule has 1 aromatic heterocycles. The highest BCUT2D eigenvalue weighted by Gasteiger charge is 2.25. The summed E-state index contributed by atoms with van der Waals surface area (Å²) < 4.78 is 0. The molecule has 1 amide bonds. The maximum Gasteiger partial charge on any atom is 0.328 e. The Bertz CT molecular complexity index is 860. The highest BCUT2D eigenvalue weighted by atomic mass is 32.1. The molecule has 162 valence electrons. The topological polar surface area (TPSA) is 106 Å². The van der Waals surface area contributed by atoms with Crippen LogP contribution in [0, 0.1) is 0 Å². The number of hydrogen-bond acceptors (Lipinski definition) is 7. The molecule has 8 nitrogen and oxygen atoms in total. The van der Waals surface area contributed by atoms with Gasteiger partial charge in [0, 0.05) is 43.7 Å². The van der Waals surface area contributed by atoms with E-state index in [1.165, 1.54) is 23.8 Å². The van der Waals surface area contributed by atoms with Crippen LogP contribution < -0.4 is 5.32 Å². The van der Waals surface area contributed by atoms with Crippen molar-refractivity contribution in [2.45, 2.75) is 32.0 Å². The summed E-state index contributed by atoms with van der Waals surface area (Å²) in [6.45, 7) is 6.61. The van der Waals surface area contributed by atoms with E-state index in [0.717, 1.165) is 43.3 Å². The third-order valence-corrected chi connectivity index (χ3v) is 6.10. The highest BCUT2D eigenvalue weighted by molar-refractivity contribution is 7.13. The summed E-state index contributed by atoms with van der Waals surface area (Å²) >= 11 is 1.45. The molecule has 1 aliphatic heterocycles. The number of aromatic nitrogens is 1. The van der Waals surface area contributed by atoms with Gasteiger partial charge in [0.05, 0.1) is 18.2 Å². The Morgan fingerprint density at radius 2 is 1.87 bits per heavy atom. The van der Waals surface area contributed by atoms with E-state index in [9.17, 15) is 14.7 Å². The van der Waals surface area contributed by atoms with E-state index in [4.69, 9.17) is 5.11 Å². The van der Waals surface area contributed by atoms with Crippen LogP contribution in [0.25, 0.3) is 10.6 Å². The minimum absolute atomic E-state index is 0.0332. The summed E-state index contributed by atoms with van der Waals surface area (Å²) in [6.07, 6.45) is -1.21. The van der Waals surface area contributed by atoms with Crippen LogP contribution in [0.3, 0.4) is 0 Å². The van der Waals surface area contributed by atoms with Crippen LogP contribution in [0.15, 0.2) is 29.6 Å². The van der Waals surface area contributed by atoms with Gasteiger partial charge in [-0.3, -0.25) is 9.69 Å². The molecule has 0 bridgehead atoms. The number of likely N-dealkylation sites (N-methyl/N-ethyl adjacent to an activating group) is 1. The first kappa shape index (κ1) is 22.4. The van der Waals surface area contributed by atoms with Crippen LogP contribution in [0.5, 0.6) is 0 Å². The van der Waals surface area contributed by atoms with Crippen molar-refractivity contribution < 1.29 is 19.8 Å². The van der Waals surface area contributed by atoms with Gasteiger partial charge in [-0.25, -0.2) is 9.78 Å². The number of aliphatic hydroxyl groups excluding tert-OH is 1. The predicted molar refractivity (Wildman–Crippen MR) is 115 cm³/mol. The molecule has 1 fully saturated rings. The number of rotatable bonds is 8. The van der Waals surface area contributed by atoms with Crippen molar-refractivity contribution >= 4 is 23.2 Å². The number of aliphatic carboxylic acids is 1. The number of piperazine rings is 1. The highest BCUT2D eigenvalue weighted by Crippen LogP contribution is 2.24. The van der Waals surface area contributed by atoms with Crippen molar-refractivity contribution in [1.82, 2.24) is 20.1 Å². The quantitative estimate of drug-likeness (QED) is 0.573. The standard InChI is InChI=1S/C21H28N4O4S/c1-14(26)19(21(28)29)23-18(27)11-17-13-30-20(22-17)16-5-3-15(4-6-16)12-25-9-7-24(2)8-10-25/h3-6,13-14,19,26H,7-12H2,1-2H3,(H,23,27)(H,28,29). The number of carboxylic acid groups (broad SMARTS) is 1. The van der Waals surface area contributed by atoms with E-state index in [0.29, 0.717) is 5.69 Å². The van der Waals surface area contributed by atoms with Crippen molar-refractivity contribution in [3.8, 4) is 10.6 Å². The van der Waals surface area contributed by atoms with Crippen LogP contribution >= 0.6 is 11.3 Å². The SMILES string of the molecule is CC(O)C(NC(=O)Cc1csc(-c2ccc(CN3CCN(C)CC3)cc2)n1)C(=O)O. The van der Waals surface area contributed by atoms with Crippen LogP contribution in [-0.2, 0) is 22.6 Å². The first-order valence-corrected chi connectivity index (χ1v) is 10.8. The number of hydrogen-bond donors (Lipinski definition) is 3. The van der Waals surface area contributed by atoms with Gasteiger partial charge in [0.2, 0.25) is 5.91 Å². The molecule has 1 aromatic carbocycles. The molecule has 0 saturated carbocycles. The van der Waals surface area contributed by atoms with Gasteiger partial charge in [-0.2, -0.15) is 0 Å². The average molecular weight is 433 g/mol. The van der Waals surface area contributed by atoms with E-state index in [1.54, 1.807) is 5.38 Å². The lowest BCUT2D eigenvalue weighted by Crippen LogP contribution is -2.48. The number of carboxylic acids is 1. The van der Waals surface area contributed by atoms with Crippen LogP contribution in [-0.4, -0.2) is 82.2 Å². The zero-order chi connectivity index (χ0) is 21.7. The maximum absolute atomic E-state index is 12.1. The zero-order valence-corrected chi connectivity index (χ0v) is 18.1. The Morgan fingerprint density at radius 3 is 2.47 bits per heavy atom. The summed E-state index contributed by atoms with van der Waals surface area (Å²) in [5, 5.41) is 23.5. The van der Waals surface area contributed by atoms with Gasteiger partial charge < -0.3 is 20.4 Å². The number of nitrogens with zero attached hydrogens (tertiary/aromatic N) is 3. The van der Waals surface area contributed by atoms with Crippen LogP contribution in [0.2, 0.25) is 0 Å². The first-order valence-electron chi connectivity index (χ1n) is 9.96. The third kappa shape index (κ3) is 6.09. The lowest BCUT2D eigenvalue weighted by molar-refractivity contribution is -0.144. The monoisotopic (exact) mass is 432 g/mol. The Hall–Kier alpha value is -2.33. The molecule has 2 aromatic rings. The molecule has 2 atom stereocenters. The normalized spacial score (nSPS) is 17.4. The predicted octanol–water partition coefficient (Wildman–Crippen LogP) is 1.05. The Labute approximate surface area is 180 Å². The fourth-order valence-corrected chi connectivity index (χ4v) is 4.14. The fraction of sp³-hybridized carbons (Fsp3) is 0.476. The third-order valence-electron chi connectivity index (χ3n) is 5.16. The van der Waals surface area contributed by atoms with Gasteiger partial charge in [-0.05, 0) is 19.5 Å². The Kier molecular flexibility index (Phi) is 7.54. The van der Waals surface area contributed by atoms with Crippen LogP contribution in [0.1, 0.15) is 18.2 Å². The van der Waals surface area contributed by atoms with E-state index in [2.05, 4.69) is 39.3 Å². The maximum atomic E-state index is 12.1. The summed E-state index contributed by atoms with van der Waals surface area (Å²) in [7, 11) is 2.15. The average Bonchev–Trinajstić information content (AvgIpc) is 3.16. The van der Waals surface area contributed by atoms with Crippen LogP contribution in [0.4, 0.5) is 0 Å². The fourth-order valence-electron chi connectivity index (χ4n) is 3.32. The summed E-state index contributed by atoms with van der Waals surface area (Å²) in [5.74, 6) is -1.75. The molecule has 3 rings (SSSR count).